The van der Waals surface area contributed by atoms with Gasteiger partial charge in [0.1, 0.15) is 17.5 Å². The van der Waals surface area contributed by atoms with Gasteiger partial charge in [0, 0.05) is 12.3 Å². The van der Waals surface area contributed by atoms with Crippen LogP contribution in [0.2, 0.25) is 0 Å². The normalized spacial score (nSPS) is 11.1. The van der Waals surface area contributed by atoms with Gasteiger partial charge in [-0.3, -0.25) is 10.1 Å². The van der Waals surface area contributed by atoms with E-state index in [0.717, 1.165) is 29.5 Å². The highest BCUT2D eigenvalue weighted by atomic mass is 19.4. The fraction of sp³-hybridized carbons (Fsp3) is 0.100. The first-order valence-electron chi connectivity index (χ1n) is 9.79. The van der Waals surface area contributed by atoms with Crippen molar-refractivity contribution in [1.82, 2.24) is 34.7 Å². The van der Waals surface area contributed by atoms with E-state index in [2.05, 4.69) is 30.6 Å². The third-order valence-electron chi connectivity index (χ3n) is 4.67. The number of hydrogen-bond donors (Lipinski definition) is 3. The van der Waals surface area contributed by atoms with Gasteiger partial charge in [0.25, 0.3) is 5.91 Å². The zero-order valence-corrected chi connectivity index (χ0v) is 18.0. The van der Waals surface area contributed by atoms with E-state index in [1.54, 1.807) is 0 Å². The lowest BCUT2D eigenvalue weighted by Crippen LogP contribution is -2.21. The quantitative estimate of drug-likeness (QED) is 0.373. The molecule has 16 heteroatoms. The van der Waals surface area contributed by atoms with Crippen molar-refractivity contribution in [3.05, 3.63) is 65.5 Å². The molecule has 0 radical (unpaired) electrons. The van der Waals surface area contributed by atoms with E-state index in [4.69, 9.17) is 5.11 Å². The van der Waals surface area contributed by atoms with Crippen molar-refractivity contribution < 1.29 is 27.9 Å². The number of nitrogens with zero attached hydrogens (tertiary/aromatic N) is 8. The van der Waals surface area contributed by atoms with Gasteiger partial charge in [-0.25, -0.2) is 19.4 Å². The molecule has 4 heterocycles. The number of aryl methyl sites for hydroxylation is 1. The number of aromatic nitrogens is 7. The van der Waals surface area contributed by atoms with Crippen LogP contribution < -0.4 is 10.6 Å². The third kappa shape index (κ3) is 4.65. The van der Waals surface area contributed by atoms with E-state index in [1.807, 2.05) is 11.4 Å². The maximum atomic E-state index is 14.1. The van der Waals surface area contributed by atoms with Gasteiger partial charge in [0.05, 0.1) is 41.7 Å². The van der Waals surface area contributed by atoms with E-state index in [-0.39, 0.29) is 34.1 Å². The molecule has 0 aliphatic rings. The summed E-state index contributed by atoms with van der Waals surface area (Å²) >= 11 is 0. The van der Waals surface area contributed by atoms with Gasteiger partial charge in [-0.05, 0) is 18.6 Å². The number of carbonyl (C=O) groups excluding carboxylic acids is 1. The summed E-state index contributed by atoms with van der Waals surface area (Å²) in [5.41, 5.74) is -2.23. The van der Waals surface area contributed by atoms with E-state index >= 15 is 0 Å². The van der Waals surface area contributed by atoms with Crippen molar-refractivity contribution >= 4 is 23.5 Å². The molecule has 4 aromatic heterocycles. The Morgan fingerprint density at radius 2 is 1.78 bits per heavy atom. The molecule has 3 N–H and O–H groups in total. The Morgan fingerprint density at radius 3 is 2.42 bits per heavy atom. The first-order chi connectivity index (χ1) is 17.1. The van der Waals surface area contributed by atoms with Crippen LogP contribution in [0, 0.1) is 18.3 Å². The maximum absolute atomic E-state index is 14.1. The van der Waals surface area contributed by atoms with Crippen molar-refractivity contribution in [2.24, 2.45) is 0 Å². The molecule has 4 aromatic rings. The molecular weight excluding hydrogens is 485 g/mol. The average Bonchev–Trinajstić information content (AvgIpc) is 3.50. The van der Waals surface area contributed by atoms with Crippen molar-refractivity contribution in [2.75, 3.05) is 10.6 Å². The number of nitriles is 1. The molecule has 182 valence electrons. The highest BCUT2D eigenvalue weighted by molar-refractivity contribution is 6.05. The number of halogens is 3. The molecule has 0 aromatic carbocycles. The van der Waals surface area contributed by atoms with Crippen LogP contribution in [0.4, 0.5) is 29.5 Å². The van der Waals surface area contributed by atoms with Crippen molar-refractivity contribution in [3.8, 4) is 17.6 Å². The number of anilines is 2. The number of pyridine rings is 2. The molecule has 0 bridgehead atoms. The first kappa shape index (κ1) is 23.8. The van der Waals surface area contributed by atoms with E-state index < -0.39 is 29.4 Å². The van der Waals surface area contributed by atoms with Crippen molar-refractivity contribution in [1.29, 1.82) is 5.26 Å². The van der Waals surface area contributed by atoms with Gasteiger partial charge in [-0.1, -0.05) is 0 Å². The predicted molar refractivity (Wildman–Crippen MR) is 115 cm³/mol. The predicted octanol–water partition coefficient (Wildman–Crippen LogP) is 2.78. The van der Waals surface area contributed by atoms with Crippen LogP contribution in [-0.2, 0) is 6.18 Å². The van der Waals surface area contributed by atoms with Crippen LogP contribution in [0.25, 0.3) is 11.5 Å². The number of nitrogens with one attached hydrogen (secondary N) is 2. The third-order valence-corrected chi connectivity index (χ3v) is 4.67. The SMILES string of the molecule is Cc1cnc(NC(=O)O)cc1-n1ncc(C(=O)Nc2cnc(-n3nccn3)c(C#N)c2)c1C(F)(F)F. The van der Waals surface area contributed by atoms with E-state index in [0.29, 0.717) is 4.68 Å². The minimum absolute atomic E-state index is 0.0402. The molecule has 0 fully saturated rings. The second-order valence-corrected chi connectivity index (χ2v) is 7.08. The van der Waals surface area contributed by atoms with Crippen LogP contribution in [0.15, 0.2) is 43.1 Å². The Hall–Kier alpha value is -5.33. The van der Waals surface area contributed by atoms with Gasteiger partial charge in [0.2, 0.25) is 0 Å². The number of amides is 2. The topological polar surface area (TPSA) is 177 Å². The summed E-state index contributed by atoms with van der Waals surface area (Å²) in [6.07, 6.45) is -0.749. The summed E-state index contributed by atoms with van der Waals surface area (Å²) < 4.78 is 42.7. The van der Waals surface area contributed by atoms with Crippen LogP contribution in [0.5, 0.6) is 0 Å². The Balaban J connectivity index is 1.71. The van der Waals surface area contributed by atoms with E-state index in [1.165, 1.54) is 25.4 Å². The minimum atomic E-state index is -5.02. The number of carboxylic acid groups (broad SMARTS) is 1. The molecule has 2 amide bonds. The molecule has 0 saturated carbocycles. The van der Waals surface area contributed by atoms with Gasteiger partial charge in [-0.2, -0.15) is 33.7 Å². The summed E-state index contributed by atoms with van der Waals surface area (Å²) in [6.45, 7) is 1.44. The van der Waals surface area contributed by atoms with Crippen LogP contribution in [-0.4, -0.2) is 51.8 Å². The van der Waals surface area contributed by atoms with Gasteiger partial charge >= 0.3 is 12.3 Å². The zero-order chi connectivity index (χ0) is 26.0. The van der Waals surface area contributed by atoms with Gasteiger partial charge < -0.3 is 10.4 Å². The lowest BCUT2D eigenvalue weighted by Gasteiger charge is -2.15. The lowest BCUT2D eigenvalue weighted by atomic mass is 10.2. The fourth-order valence-electron chi connectivity index (χ4n) is 3.18. The minimum Gasteiger partial charge on any atom is -0.465 e. The number of carbonyl (C=O) groups is 2. The molecule has 36 heavy (non-hydrogen) atoms. The molecule has 0 atom stereocenters. The summed E-state index contributed by atoms with van der Waals surface area (Å²) in [7, 11) is 0. The number of alkyl halides is 3. The molecule has 0 unspecified atom stereocenters. The van der Waals surface area contributed by atoms with Crippen molar-refractivity contribution in [2.45, 2.75) is 13.1 Å². The van der Waals surface area contributed by atoms with Crippen molar-refractivity contribution in [3.63, 3.8) is 0 Å². The lowest BCUT2D eigenvalue weighted by molar-refractivity contribution is -0.143. The highest BCUT2D eigenvalue weighted by Crippen LogP contribution is 2.35. The maximum Gasteiger partial charge on any atom is 0.434 e. The van der Waals surface area contributed by atoms with Crippen LogP contribution in [0.3, 0.4) is 0 Å². The Kier molecular flexibility index (Phi) is 6.04. The molecule has 0 spiro atoms. The standard InChI is InChI=1S/C20H13F3N10O3/c1-10-7-25-15(31-19(35)36)5-14(10)32-16(20(21,22)23)13(9-29-32)18(34)30-12-4-11(6-24)17(26-8-12)33-27-2-3-28-33/h2-5,7-9H,1H3,(H,25,31)(H,30,34)(H,35,36). The smallest absolute Gasteiger partial charge is 0.434 e. The van der Waals surface area contributed by atoms with E-state index in [9.17, 15) is 28.0 Å². The molecular formula is C20H13F3N10O3. The second-order valence-electron chi connectivity index (χ2n) is 7.08. The molecule has 0 saturated heterocycles. The van der Waals surface area contributed by atoms with Crippen LogP contribution in [0.1, 0.15) is 27.2 Å². The summed E-state index contributed by atoms with van der Waals surface area (Å²) in [6, 6.07) is 4.12. The largest absolute Gasteiger partial charge is 0.465 e. The summed E-state index contributed by atoms with van der Waals surface area (Å²) in [4.78, 5) is 32.6. The Bertz CT molecular complexity index is 1510. The molecule has 0 aliphatic carbocycles. The number of rotatable bonds is 5. The average molecular weight is 498 g/mol. The van der Waals surface area contributed by atoms with Crippen LogP contribution >= 0.6 is 0 Å². The van der Waals surface area contributed by atoms with Gasteiger partial charge in [-0.15, -0.1) is 4.80 Å². The summed E-state index contributed by atoms with van der Waals surface area (Å²) in [5, 5.41) is 33.9. The summed E-state index contributed by atoms with van der Waals surface area (Å²) in [5.74, 6) is -1.34. The Morgan fingerprint density at radius 1 is 1.06 bits per heavy atom. The Labute approximate surface area is 198 Å². The second kappa shape index (κ2) is 9.13. The number of hydrogen-bond acceptors (Lipinski definition) is 8. The molecule has 4 rings (SSSR count). The van der Waals surface area contributed by atoms with Gasteiger partial charge in [0.15, 0.2) is 11.5 Å². The highest BCUT2D eigenvalue weighted by Gasteiger charge is 2.41. The molecule has 13 nitrogen and oxygen atoms in total. The monoisotopic (exact) mass is 498 g/mol. The fourth-order valence-corrected chi connectivity index (χ4v) is 3.18. The zero-order valence-electron chi connectivity index (χ0n) is 18.0. The molecule has 0 aliphatic heterocycles. The first-order valence-corrected chi connectivity index (χ1v) is 9.79.